The zero-order valence-electron chi connectivity index (χ0n) is 15.4. The maximum absolute atomic E-state index is 9.94. The molecule has 4 aromatic carbocycles. The highest BCUT2D eigenvalue weighted by atomic mass is 14.8. The van der Waals surface area contributed by atoms with Gasteiger partial charge in [-0.15, -0.1) is 0 Å². The molecule has 0 aliphatic rings. The van der Waals surface area contributed by atoms with Crippen LogP contribution in [0, 0.1) is 31.0 Å². The van der Waals surface area contributed by atoms with Crippen molar-refractivity contribution in [2.75, 3.05) is 0 Å². The fourth-order valence-electron chi connectivity index (χ4n) is 4.22. The van der Waals surface area contributed by atoms with Crippen molar-refractivity contribution in [3.63, 3.8) is 0 Å². The molecule has 5 rings (SSSR count). The molecule has 134 valence electrons. The minimum Gasteiger partial charge on any atom is -0.262 e. The van der Waals surface area contributed by atoms with E-state index in [1.54, 1.807) is 12.3 Å². The van der Waals surface area contributed by atoms with E-state index in [0.29, 0.717) is 21.7 Å². The highest BCUT2D eigenvalue weighted by molar-refractivity contribution is 6.35. The Hall–Kier alpha value is -4.97. The number of pyridine rings is 1. The van der Waals surface area contributed by atoms with Crippen LogP contribution in [0.2, 0.25) is 0 Å². The molecule has 0 N–H and O–H groups in total. The van der Waals surface area contributed by atoms with E-state index in [1.807, 2.05) is 42.5 Å². The van der Waals surface area contributed by atoms with E-state index >= 15 is 0 Å². The first-order valence-electron chi connectivity index (χ1n) is 8.99. The van der Waals surface area contributed by atoms with Gasteiger partial charge in [0.05, 0.1) is 36.9 Å². The zero-order valence-corrected chi connectivity index (χ0v) is 15.4. The highest BCUT2D eigenvalue weighted by Gasteiger charge is 2.24. The summed E-state index contributed by atoms with van der Waals surface area (Å²) in [5.74, 6) is 0. The van der Waals surface area contributed by atoms with Gasteiger partial charge in [0.1, 0.15) is 0 Å². The third-order valence-corrected chi connectivity index (χ3v) is 5.38. The molecule has 1 aromatic heterocycles. The van der Waals surface area contributed by atoms with Gasteiger partial charge in [0, 0.05) is 17.0 Å². The number of nitriles is 1. The minimum atomic E-state index is -0.0729. The van der Waals surface area contributed by atoms with E-state index in [0.717, 1.165) is 21.5 Å². The first-order chi connectivity index (χ1) is 14.7. The molecular formula is C25H9N5. The summed E-state index contributed by atoms with van der Waals surface area (Å²) >= 11 is 0. The summed E-state index contributed by atoms with van der Waals surface area (Å²) in [6.07, 6.45) is 1.69. The zero-order chi connectivity index (χ0) is 20.8. The van der Waals surface area contributed by atoms with Gasteiger partial charge >= 0.3 is 0 Å². The topological polar surface area (TPSA) is 49.8 Å². The average Bonchev–Trinajstić information content (AvgIpc) is 2.81. The molecule has 1 heterocycles. The van der Waals surface area contributed by atoms with Crippen LogP contribution >= 0.6 is 0 Å². The second-order valence-corrected chi connectivity index (χ2v) is 6.73. The van der Waals surface area contributed by atoms with Gasteiger partial charge in [-0.2, -0.15) is 5.26 Å². The van der Waals surface area contributed by atoms with Gasteiger partial charge in [-0.1, -0.05) is 42.5 Å². The third-order valence-electron chi connectivity index (χ3n) is 5.38. The Morgan fingerprint density at radius 1 is 0.700 bits per heavy atom. The first-order valence-corrected chi connectivity index (χ1v) is 8.99. The summed E-state index contributed by atoms with van der Waals surface area (Å²) in [4.78, 5) is 15.2. The van der Waals surface area contributed by atoms with Crippen molar-refractivity contribution < 1.29 is 0 Å². The lowest BCUT2D eigenvalue weighted by Gasteiger charge is -2.16. The van der Waals surface area contributed by atoms with Crippen LogP contribution in [0.5, 0.6) is 0 Å². The van der Waals surface area contributed by atoms with Crippen molar-refractivity contribution >= 4 is 60.3 Å². The molecule has 0 fully saturated rings. The predicted octanol–water partition coefficient (Wildman–Crippen LogP) is 7.22. The standard InChI is InChI=1S/C25H9N5/c1-27-23-18(13-26)19-17-9-6-12-30-22(17)20-15-8-5-4-7-14(15)10-11-16(20)21(19)24(28-2)25(23)29-3/h4-12H. The van der Waals surface area contributed by atoms with Crippen LogP contribution in [0.15, 0.2) is 54.7 Å². The predicted molar refractivity (Wildman–Crippen MR) is 118 cm³/mol. The van der Waals surface area contributed by atoms with Crippen molar-refractivity contribution in [2.45, 2.75) is 0 Å². The van der Waals surface area contributed by atoms with E-state index in [9.17, 15) is 5.26 Å². The molecule has 0 bridgehead atoms. The second-order valence-electron chi connectivity index (χ2n) is 6.73. The summed E-state index contributed by atoms with van der Waals surface area (Å²) in [6, 6.07) is 17.5. The summed E-state index contributed by atoms with van der Waals surface area (Å²) in [6.45, 7) is 23.0. The van der Waals surface area contributed by atoms with Crippen LogP contribution < -0.4 is 0 Å². The van der Waals surface area contributed by atoms with Gasteiger partial charge in [0.15, 0.2) is 5.69 Å². The van der Waals surface area contributed by atoms with Crippen molar-refractivity contribution in [3.8, 4) is 6.07 Å². The fraction of sp³-hybridized carbons (Fsp3) is 0. The molecule has 5 aromatic rings. The highest BCUT2D eigenvalue weighted by Crippen LogP contribution is 2.52. The summed E-state index contributed by atoms with van der Waals surface area (Å²) in [5.41, 5.74) is 0.788. The minimum absolute atomic E-state index is 0.0678. The molecule has 0 amide bonds. The molecule has 0 saturated carbocycles. The Balaban J connectivity index is 2.30. The smallest absolute Gasteiger partial charge is 0.202 e. The quantitative estimate of drug-likeness (QED) is 0.211. The van der Waals surface area contributed by atoms with Gasteiger partial charge in [-0.05, 0) is 33.0 Å². The Morgan fingerprint density at radius 3 is 2.17 bits per heavy atom. The summed E-state index contributed by atoms with van der Waals surface area (Å²) in [7, 11) is 0. The molecule has 0 unspecified atom stereocenters. The fourth-order valence-corrected chi connectivity index (χ4v) is 4.22. The van der Waals surface area contributed by atoms with Gasteiger partial charge in [-0.25, -0.2) is 0 Å². The summed E-state index contributed by atoms with van der Waals surface area (Å²) < 4.78 is 0. The number of nitrogens with zero attached hydrogens (tertiary/aromatic N) is 5. The molecule has 5 nitrogen and oxygen atoms in total. The Kier molecular flexibility index (Phi) is 3.59. The molecule has 0 radical (unpaired) electrons. The molecule has 0 spiro atoms. The van der Waals surface area contributed by atoms with E-state index in [1.165, 1.54) is 0 Å². The van der Waals surface area contributed by atoms with Crippen LogP contribution in [0.25, 0.3) is 57.8 Å². The monoisotopic (exact) mass is 379 g/mol. The molecule has 0 saturated heterocycles. The third kappa shape index (κ3) is 2.04. The first kappa shape index (κ1) is 17.2. The molecule has 30 heavy (non-hydrogen) atoms. The van der Waals surface area contributed by atoms with Gasteiger partial charge < -0.3 is 0 Å². The Bertz CT molecular complexity index is 1740. The molecule has 0 aliphatic carbocycles. The number of hydrogen-bond acceptors (Lipinski definition) is 2. The van der Waals surface area contributed by atoms with Crippen LogP contribution in [0.4, 0.5) is 17.1 Å². The summed E-state index contributed by atoms with van der Waals surface area (Å²) in [5, 5.41) is 15.3. The maximum atomic E-state index is 9.94. The number of aromatic nitrogens is 1. The van der Waals surface area contributed by atoms with E-state index in [4.69, 9.17) is 19.7 Å². The lowest BCUT2D eigenvalue weighted by molar-refractivity contribution is 1.43. The van der Waals surface area contributed by atoms with Crippen molar-refractivity contribution in [1.82, 2.24) is 4.98 Å². The molecule has 0 atom stereocenters. The van der Waals surface area contributed by atoms with Crippen LogP contribution in [0.1, 0.15) is 5.56 Å². The van der Waals surface area contributed by atoms with Crippen molar-refractivity contribution in [3.05, 3.63) is 94.5 Å². The Labute approximate surface area is 171 Å². The molecule has 5 heteroatoms. The van der Waals surface area contributed by atoms with Crippen LogP contribution in [-0.2, 0) is 0 Å². The molecule has 0 aliphatic heterocycles. The lowest BCUT2D eigenvalue weighted by Crippen LogP contribution is -1.91. The van der Waals surface area contributed by atoms with Crippen molar-refractivity contribution in [1.29, 1.82) is 5.26 Å². The van der Waals surface area contributed by atoms with Crippen LogP contribution in [0.3, 0.4) is 0 Å². The number of benzene rings is 4. The van der Waals surface area contributed by atoms with Crippen LogP contribution in [-0.4, -0.2) is 4.98 Å². The van der Waals surface area contributed by atoms with E-state index in [-0.39, 0.29) is 22.6 Å². The average molecular weight is 379 g/mol. The normalized spacial score (nSPS) is 10.5. The van der Waals surface area contributed by atoms with Gasteiger partial charge in [0.25, 0.3) is 0 Å². The second kappa shape index (κ2) is 6.29. The van der Waals surface area contributed by atoms with Gasteiger partial charge in [0.2, 0.25) is 11.4 Å². The van der Waals surface area contributed by atoms with E-state index in [2.05, 4.69) is 25.6 Å². The lowest BCUT2D eigenvalue weighted by atomic mass is 9.89. The molecular weight excluding hydrogens is 370 g/mol. The Morgan fingerprint density at radius 2 is 1.43 bits per heavy atom. The largest absolute Gasteiger partial charge is 0.262 e. The number of hydrogen-bond donors (Lipinski definition) is 0. The number of rotatable bonds is 0. The van der Waals surface area contributed by atoms with Crippen molar-refractivity contribution in [2.24, 2.45) is 0 Å². The SMILES string of the molecule is [C-]#[N+]c1c([N+]#[C-])c([N+]#[C-])c2c3ccc4ccccc4c3c3ncccc3c2c1C#N. The maximum Gasteiger partial charge on any atom is 0.202 e. The van der Waals surface area contributed by atoms with E-state index < -0.39 is 0 Å². The number of fused-ring (bicyclic) bond motifs is 8. The van der Waals surface area contributed by atoms with Gasteiger partial charge in [-0.3, -0.25) is 19.5 Å².